The molecule has 0 heterocycles. The summed E-state index contributed by atoms with van der Waals surface area (Å²) in [5.74, 6) is -0.259. The molecule has 0 aromatic rings. The van der Waals surface area contributed by atoms with Gasteiger partial charge in [-0.3, -0.25) is 0 Å². The largest absolute Gasteiger partial charge is 0.463 e. The van der Waals surface area contributed by atoms with Crippen LogP contribution in [0, 0.1) is 0 Å². The Bertz CT molecular complexity index is 298. The highest BCUT2D eigenvalue weighted by atomic mass is 16.5. The lowest BCUT2D eigenvalue weighted by atomic mass is 9.93. The first-order valence-corrected chi connectivity index (χ1v) is 7.89. The quantitative estimate of drug-likeness (QED) is 0.761. The third-order valence-electron chi connectivity index (χ3n) is 3.22. The molecule has 0 bridgehead atoms. The Balaban J connectivity index is 0.00000172. The Morgan fingerprint density at radius 1 is 1.35 bits per heavy atom. The summed E-state index contributed by atoms with van der Waals surface area (Å²) >= 11 is 0. The summed E-state index contributed by atoms with van der Waals surface area (Å²) in [6.07, 6.45) is 5.38. The summed E-state index contributed by atoms with van der Waals surface area (Å²) in [7, 11) is 0. The van der Waals surface area contributed by atoms with Gasteiger partial charge in [0, 0.05) is 11.6 Å². The molecule has 118 valence electrons. The molecule has 1 aliphatic rings. The number of nitrogens with two attached hydrogens (primary N) is 1. The predicted molar refractivity (Wildman–Crippen MR) is 82.5 cm³/mol. The second-order valence-electron chi connectivity index (χ2n) is 4.73. The molecule has 0 amide bonds. The average molecular weight is 285 g/mol. The van der Waals surface area contributed by atoms with E-state index in [1.54, 1.807) is 6.92 Å². The third-order valence-corrected chi connectivity index (χ3v) is 3.22. The van der Waals surface area contributed by atoms with Crippen LogP contribution in [0.2, 0.25) is 0 Å². The van der Waals surface area contributed by atoms with E-state index in [-0.39, 0.29) is 24.2 Å². The maximum atomic E-state index is 11.7. The molecule has 0 fully saturated rings. The van der Waals surface area contributed by atoms with E-state index in [4.69, 9.17) is 15.2 Å². The molecule has 0 saturated heterocycles. The van der Waals surface area contributed by atoms with Gasteiger partial charge >= 0.3 is 5.97 Å². The first-order chi connectivity index (χ1) is 9.60. The van der Waals surface area contributed by atoms with Crippen LogP contribution < -0.4 is 5.73 Å². The van der Waals surface area contributed by atoms with Crippen molar-refractivity contribution in [2.45, 2.75) is 78.6 Å². The molecule has 0 aromatic carbocycles. The second kappa shape index (κ2) is 10.9. The highest BCUT2D eigenvalue weighted by Gasteiger charge is 2.26. The van der Waals surface area contributed by atoms with Crippen molar-refractivity contribution >= 4 is 5.97 Å². The topological polar surface area (TPSA) is 61.5 Å². The monoisotopic (exact) mass is 285 g/mol. The van der Waals surface area contributed by atoms with E-state index in [0.29, 0.717) is 18.6 Å². The van der Waals surface area contributed by atoms with Crippen molar-refractivity contribution in [3.63, 3.8) is 0 Å². The summed E-state index contributed by atoms with van der Waals surface area (Å²) in [4.78, 5) is 11.7. The van der Waals surface area contributed by atoms with Crippen molar-refractivity contribution in [2.24, 2.45) is 5.73 Å². The van der Waals surface area contributed by atoms with Gasteiger partial charge in [-0.2, -0.15) is 0 Å². The highest BCUT2D eigenvalue weighted by Crippen LogP contribution is 2.23. The summed E-state index contributed by atoms with van der Waals surface area (Å²) < 4.78 is 11.0. The molecule has 0 saturated carbocycles. The first kappa shape index (κ1) is 19.1. The van der Waals surface area contributed by atoms with Gasteiger partial charge in [0.2, 0.25) is 0 Å². The van der Waals surface area contributed by atoms with E-state index in [1.165, 1.54) is 0 Å². The zero-order chi connectivity index (χ0) is 15.5. The van der Waals surface area contributed by atoms with Crippen LogP contribution in [0.5, 0.6) is 0 Å². The lowest BCUT2D eigenvalue weighted by molar-refractivity contribution is -0.139. The van der Waals surface area contributed by atoms with Crippen molar-refractivity contribution < 1.29 is 14.3 Å². The molecule has 0 aromatic heterocycles. The number of rotatable bonds is 6. The van der Waals surface area contributed by atoms with E-state index >= 15 is 0 Å². The molecule has 4 heteroatoms. The van der Waals surface area contributed by atoms with Crippen molar-refractivity contribution in [3.05, 3.63) is 11.6 Å². The molecule has 20 heavy (non-hydrogen) atoms. The Labute approximate surface area is 123 Å². The Kier molecular flexibility index (Phi) is 10.4. The van der Waals surface area contributed by atoms with Crippen LogP contribution in [0.25, 0.3) is 0 Å². The number of esters is 1. The molecule has 0 radical (unpaired) electrons. The van der Waals surface area contributed by atoms with Gasteiger partial charge in [0.05, 0.1) is 18.8 Å². The first-order valence-electron chi connectivity index (χ1n) is 7.89. The van der Waals surface area contributed by atoms with Gasteiger partial charge in [-0.25, -0.2) is 4.79 Å². The van der Waals surface area contributed by atoms with Crippen LogP contribution in [-0.2, 0) is 14.3 Å². The molecule has 2 N–H and O–H groups in total. The SMILES string of the molecule is CC.CCOC(=O)C1=C[C@@H](OC(CC)CC)C[C@@H](N)C1. The van der Waals surface area contributed by atoms with Gasteiger partial charge in [0.25, 0.3) is 0 Å². The fourth-order valence-electron chi connectivity index (χ4n) is 2.22. The van der Waals surface area contributed by atoms with E-state index in [2.05, 4.69) is 13.8 Å². The third kappa shape index (κ3) is 6.53. The number of carbonyl (C=O) groups is 1. The highest BCUT2D eigenvalue weighted by molar-refractivity contribution is 5.88. The number of hydrogen-bond donors (Lipinski definition) is 1. The van der Waals surface area contributed by atoms with Gasteiger partial charge in [0.15, 0.2) is 0 Å². The molecule has 0 aliphatic heterocycles. The smallest absolute Gasteiger partial charge is 0.333 e. The van der Waals surface area contributed by atoms with Crippen molar-refractivity contribution in [1.82, 2.24) is 0 Å². The lowest BCUT2D eigenvalue weighted by Gasteiger charge is -2.28. The van der Waals surface area contributed by atoms with Crippen LogP contribution in [-0.4, -0.2) is 30.8 Å². The molecule has 1 rings (SSSR count). The van der Waals surface area contributed by atoms with Crippen molar-refractivity contribution in [2.75, 3.05) is 6.61 Å². The lowest BCUT2D eigenvalue weighted by Crippen LogP contribution is -2.35. The number of carbonyl (C=O) groups excluding carboxylic acids is 1. The minimum Gasteiger partial charge on any atom is -0.463 e. The number of ether oxygens (including phenoxy) is 2. The summed E-state index contributed by atoms with van der Waals surface area (Å²) in [5, 5.41) is 0. The van der Waals surface area contributed by atoms with Crippen LogP contribution in [0.4, 0.5) is 0 Å². The zero-order valence-electron chi connectivity index (χ0n) is 13.6. The fourth-order valence-corrected chi connectivity index (χ4v) is 2.22. The summed E-state index contributed by atoms with van der Waals surface area (Å²) in [6, 6.07) is -0.0197. The standard InChI is InChI=1S/C14H25NO3.C2H6/c1-4-12(5-2)18-13-8-10(7-11(15)9-13)14(16)17-6-3;1-2/h8,11-13H,4-7,9,15H2,1-3H3;1-2H3/t11-,13+;/m0./s1. The Morgan fingerprint density at radius 3 is 2.45 bits per heavy atom. The minimum absolute atomic E-state index is 0.0197. The maximum Gasteiger partial charge on any atom is 0.333 e. The van der Waals surface area contributed by atoms with Gasteiger partial charge in [-0.05, 0) is 38.7 Å². The van der Waals surface area contributed by atoms with Crippen LogP contribution in [0.3, 0.4) is 0 Å². The van der Waals surface area contributed by atoms with Gasteiger partial charge in [-0.15, -0.1) is 0 Å². The summed E-state index contributed by atoms with van der Waals surface area (Å²) in [5.41, 5.74) is 6.64. The van der Waals surface area contributed by atoms with Gasteiger partial charge < -0.3 is 15.2 Å². The molecule has 4 nitrogen and oxygen atoms in total. The fraction of sp³-hybridized carbons (Fsp3) is 0.812. The molecular formula is C16H31NO3. The van der Waals surface area contributed by atoms with E-state index in [1.807, 2.05) is 19.9 Å². The van der Waals surface area contributed by atoms with E-state index in [9.17, 15) is 4.79 Å². The predicted octanol–water partition coefficient (Wildman–Crippen LogP) is 3.20. The zero-order valence-corrected chi connectivity index (χ0v) is 13.6. The second-order valence-corrected chi connectivity index (χ2v) is 4.73. The van der Waals surface area contributed by atoms with Gasteiger partial charge in [0.1, 0.15) is 0 Å². The summed E-state index contributed by atoms with van der Waals surface area (Å²) in [6.45, 7) is 10.4. The normalized spacial score (nSPS) is 21.9. The minimum atomic E-state index is -0.259. The number of hydrogen-bond acceptors (Lipinski definition) is 4. The molecule has 0 unspecified atom stereocenters. The van der Waals surface area contributed by atoms with E-state index < -0.39 is 0 Å². The Hall–Kier alpha value is -0.870. The van der Waals surface area contributed by atoms with Gasteiger partial charge in [-0.1, -0.05) is 27.7 Å². The van der Waals surface area contributed by atoms with Crippen LogP contribution >= 0.6 is 0 Å². The van der Waals surface area contributed by atoms with Crippen molar-refractivity contribution in [1.29, 1.82) is 0 Å². The van der Waals surface area contributed by atoms with Crippen LogP contribution in [0.1, 0.15) is 60.3 Å². The van der Waals surface area contributed by atoms with E-state index in [0.717, 1.165) is 19.3 Å². The van der Waals surface area contributed by atoms with Crippen LogP contribution in [0.15, 0.2) is 11.6 Å². The van der Waals surface area contributed by atoms with Crippen molar-refractivity contribution in [3.8, 4) is 0 Å². The average Bonchev–Trinajstić information content (AvgIpc) is 2.46. The Morgan fingerprint density at radius 2 is 1.95 bits per heavy atom. The molecule has 1 aliphatic carbocycles. The maximum absolute atomic E-state index is 11.7. The molecular weight excluding hydrogens is 254 g/mol. The molecule has 2 atom stereocenters. The molecule has 0 spiro atoms.